The predicted octanol–water partition coefficient (Wildman–Crippen LogP) is 3.27. The summed E-state index contributed by atoms with van der Waals surface area (Å²) in [6.07, 6.45) is 0. The summed E-state index contributed by atoms with van der Waals surface area (Å²) in [5.41, 5.74) is 0.834. The number of piperazine rings is 1. The lowest BCUT2D eigenvalue weighted by Crippen LogP contribution is -2.48. The van der Waals surface area contributed by atoms with Gasteiger partial charge >= 0.3 is 0 Å². The fraction of sp³-hybridized carbons (Fsp3) is 0.353. The molecule has 3 rings (SSSR count). The molecule has 4 nitrogen and oxygen atoms in total. The van der Waals surface area contributed by atoms with Gasteiger partial charge in [0.05, 0.1) is 6.54 Å². The van der Waals surface area contributed by atoms with E-state index in [0.29, 0.717) is 6.54 Å². The minimum Gasteiger partial charge on any atom is -0.325 e. The molecule has 1 aromatic carbocycles. The molecule has 122 valence electrons. The van der Waals surface area contributed by atoms with Crippen molar-refractivity contribution in [3.05, 3.63) is 51.1 Å². The third kappa shape index (κ3) is 5.14. The first kappa shape index (κ1) is 16.6. The molecule has 0 unspecified atom stereocenters. The first-order valence-corrected chi connectivity index (χ1v) is 9.39. The van der Waals surface area contributed by atoms with Gasteiger partial charge in [-0.05, 0) is 29.6 Å². The fourth-order valence-corrected chi connectivity index (χ4v) is 3.84. The van der Waals surface area contributed by atoms with Gasteiger partial charge < -0.3 is 5.32 Å². The van der Waals surface area contributed by atoms with E-state index in [1.807, 2.05) is 35.6 Å². The van der Waals surface area contributed by atoms with E-state index in [9.17, 15) is 4.79 Å². The van der Waals surface area contributed by atoms with Crippen molar-refractivity contribution in [3.63, 3.8) is 0 Å². The van der Waals surface area contributed by atoms with Crippen LogP contribution in [0.15, 0.2) is 46.3 Å². The molecule has 1 saturated heterocycles. The summed E-state index contributed by atoms with van der Waals surface area (Å²) in [4.78, 5) is 18.2. The van der Waals surface area contributed by atoms with Crippen LogP contribution in [-0.2, 0) is 11.3 Å². The zero-order valence-corrected chi connectivity index (χ0v) is 15.3. The van der Waals surface area contributed by atoms with Gasteiger partial charge in [-0.2, -0.15) is 0 Å². The van der Waals surface area contributed by atoms with Gasteiger partial charge in [0.15, 0.2) is 0 Å². The van der Waals surface area contributed by atoms with E-state index in [2.05, 4.69) is 48.6 Å². The van der Waals surface area contributed by atoms with Crippen molar-refractivity contribution in [2.24, 2.45) is 0 Å². The molecule has 0 spiro atoms. The molecular weight excluding hydrogens is 374 g/mol. The second-order valence-electron chi connectivity index (χ2n) is 5.69. The standard InChI is InChI=1S/C17H20BrN3OS/c18-14-3-1-4-15(11-14)19-17(22)13-21-8-6-20(7-9-21)12-16-5-2-10-23-16/h1-5,10-11H,6-9,12-13H2,(H,19,22). The Labute approximate surface area is 149 Å². The van der Waals surface area contributed by atoms with Gasteiger partial charge in [-0.15, -0.1) is 11.3 Å². The number of carbonyl (C=O) groups excluding carboxylic acids is 1. The lowest BCUT2D eigenvalue weighted by atomic mass is 10.3. The maximum Gasteiger partial charge on any atom is 0.238 e. The third-order valence-corrected chi connectivity index (χ3v) is 5.25. The molecule has 1 aliphatic rings. The van der Waals surface area contributed by atoms with Crippen molar-refractivity contribution >= 4 is 38.9 Å². The molecule has 1 aromatic heterocycles. The first-order chi connectivity index (χ1) is 11.2. The summed E-state index contributed by atoms with van der Waals surface area (Å²) >= 11 is 5.22. The molecule has 1 N–H and O–H groups in total. The van der Waals surface area contributed by atoms with Crippen LogP contribution >= 0.6 is 27.3 Å². The van der Waals surface area contributed by atoms with Crippen molar-refractivity contribution in [3.8, 4) is 0 Å². The van der Waals surface area contributed by atoms with Crippen LogP contribution in [-0.4, -0.2) is 48.4 Å². The zero-order chi connectivity index (χ0) is 16.1. The van der Waals surface area contributed by atoms with Gasteiger partial charge in [-0.3, -0.25) is 14.6 Å². The quantitative estimate of drug-likeness (QED) is 0.846. The smallest absolute Gasteiger partial charge is 0.238 e. The lowest BCUT2D eigenvalue weighted by Gasteiger charge is -2.34. The molecule has 1 amide bonds. The Hall–Kier alpha value is -1.21. The Bertz CT molecular complexity index is 639. The SMILES string of the molecule is O=C(CN1CCN(Cc2cccs2)CC1)Nc1cccc(Br)c1. The van der Waals surface area contributed by atoms with Crippen LogP contribution in [0.3, 0.4) is 0 Å². The average Bonchev–Trinajstić information content (AvgIpc) is 3.02. The number of amides is 1. The molecule has 0 atom stereocenters. The van der Waals surface area contributed by atoms with Crippen LogP contribution in [0.5, 0.6) is 0 Å². The van der Waals surface area contributed by atoms with E-state index in [1.54, 1.807) is 0 Å². The number of carbonyl (C=O) groups is 1. The van der Waals surface area contributed by atoms with Crippen molar-refractivity contribution in [1.29, 1.82) is 0 Å². The Morgan fingerprint density at radius 3 is 2.61 bits per heavy atom. The molecule has 1 aliphatic heterocycles. The van der Waals surface area contributed by atoms with E-state index >= 15 is 0 Å². The summed E-state index contributed by atoms with van der Waals surface area (Å²) in [5.74, 6) is 0.0507. The predicted molar refractivity (Wildman–Crippen MR) is 98.8 cm³/mol. The summed E-state index contributed by atoms with van der Waals surface area (Å²) in [6.45, 7) is 5.40. The number of hydrogen-bond donors (Lipinski definition) is 1. The van der Waals surface area contributed by atoms with Crippen LogP contribution in [0.25, 0.3) is 0 Å². The van der Waals surface area contributed by atoms with Crippen molar-refractivity contribution in [2.75, 3.05) is 38.0 Å². The van der Waals surface area contributed by atoms with E-state index in [0.717, 1.165) is 42.9 Å². The third-order valence-electron chi connectivity index (χ3n) is 3.90. The highest BCUT2D eigenvalue weighted by Crippen LogP contribution is 2.16. The highest BCUT2D eigenvalue weighted by molar-refractivity contribution is 9.10. The molecule has 1 fully saturated rings. The molecule has 2 aromatic rings. The normalized spacial score (nSPS) is 16.4. The van der Waals surface area contributed by atoms with E-state index in [4.69, 9.17) is 0 Å². The number of halogens is 1. The van der Waals surface area contributed by atoms with Gasteiger partial charge in [-0.25, -0.2) is 0 Å². The van der Waals surface area contributed by atoms with Crippen molar-refractivity contribution in [2.45, 2.75) is 6.54 Å². The second-order valence-corrected chi connectivity index (χ2v) is 7.64. The monoisotopic (exact) mass is 393 g/mol. The number of anilines is 1. The van der Waals surface area contributed by atoms with E-state index in [1.165, 1.54) is 4.88 Å². The summed E-state index contributed by atoms with van der Waals surface area (Å²) in [5, 5.41) is 5.08. The first-order valence-electron chi connectivity index (χ1n) is 7.71. The van der Waals surface area contributed by atoms with Gasteiger partial charge in [-0.1, -0.05) is 28.1 Å². The van der Waals surface area contributed by atoms with E-state index in [-0.39, 0.29) is 5.91 Å². The molecule has 23 heavy (non-hydrogen) atoms. The van der Waals surface area contributed by atoms with Crippen LogP contribution in [0.4, 0.5) is 5.69 Å². The number of benzene rings is 1. The minimum atomic E-state index is 0.0507. The molecule has 0 radical (unpaired) electrons. The molecule has 0 bridgehead atoms. The van der Waals surface area contributed by atoms with Crippen LogP contribution < -0.4 is 5.32 Å². The average molecular weight is 394 g/mol. The molecule has 2 heterocycles. The second kappa shape index (κ2) is 8.06. The Balaban J connectivity index is 1.42. The van der Waals surface area contributed by atoms with E-state index < -0.39 is 0 Å². The zero-order valence-electron chi connectivity index (χ0n) is 12.9. The Kier molecular flexibility index (Phi) is 5.83. The number of hydrogen-bond acceptors (Lipinski definition) is 4. The molecule has 0 saturated carbocycles. The number of rotatable bonds is 5. The van der Waals surface area contributed by atoms with Gasteiger partial charge in [0, 0.05) is 47.8 Å². The molecule has 0 aliphatic carbocycles. The van der Waals surface area contributed by atoms with Crippen molar-refractivity contribution in [1.82, 2.24) is 9.80 Å². The van der Waals surface area contributed by atoms with Gasteiger partial charge in [0.1, 0.15) is 0 Å². The molecule has 6 heteroatoms. The topological polar surface area (TPSA) is 35.6 Å². The molecular formula is C17H20BrN3OS. The Morgan fingerprint density at radius 1 is 1.13 bits per heavy atom. The largest absolute Gasteiger partial charge is 0.325 e. The van der Waals surface area contributed by atoms with Gasteiger partial charge in [0.2, 0.25) is 5.91 Å². The van der Waals surface area contributed by atoms with Crippen LogP contribution in [0.2, 0.25) is 0 Å². The van der Waals surface area contributed by atoms with Gasteiger partial charge in [0.25, 0.3) is 0 Å². The summed E-state index contributed by atoms with van der Waals surface area (Å²) < 4.78 is 0.970. The lowest BCUT2D eigenvalue weighted by molar-refractivity contribution is -0.117. The number of nitrogens with zero attached hydrogens (tertiary/aromatic N) is 2. The van der Waals surface area contributed by atoms with Crippen molar-refractivity contribution < 1.29 is 4.79 Å². The fourth-order valence-electron chi connectivity index (χ4n) is 2.70. The maximum atomic E-state index is 12.1. The highest BCUT2D eigenvalue weighted by atomic mass is 79.9. The highest BCUT2D eigenvalue weighted by Gasteiger charge is 2.19. The maximum absolute atomic E-state index is 12.1. The number of nitrogens with one attached hydrogen (secondary N) is 1. The summed E-state index contributed by atoms with van der Waals surface area (Å²) in [6, 6.07) is 12.0. The summed E-state index contributed by atoms with van der Waals surface area (Å²) in [7, 11) is 0. The minimum absolute atomic E-state index is 0.0507. The van der Waals surface area contributed by atoms with Crippen LogP contribution in [0.1, 0.15) is 4.88 Å². The number of thiophene rings is 1. The Morgan fingerprint density at radius 2 is 1.91 bits per heavy atom. The van der Waals surface area contributed by atoms with Crippen LogP contribution in [0, 0.1) is 0 Å².